The minimum atomic E-state index is -0.00279. The number of aromatic nitrogens is 2. The second-order valence-electron chi connectivity index (χ2n) is 8.92. The van der Waals surface area contributed by atoms with E-state index in [1.54, 1.807) is 0 Å². The lowest BCUT2D eigenvalue weighted by Crippen LogP contribution is -2.47. The van der Waals surface area contributed by atoms with Gasteiger partial charge >= 0.3 is 0 Å². The summed E-state index contributed by atoms with van der Waals surface area (Å²) >= 11 is 6.05. The standard InChI is InChI=1S/C26H27ClN4/c1-26(28)12-14-30(15-13-26)17-19-2-4-20(5-3-19)22-8-11-25-29-16-24(31(25)18-22)21-6-9-23(27)10-7-21/h2-11,16,18H,12-15,17,28H2,1H3. The molecular weight excluding hydrogens is 404 g/mol. The zero-order chi connectivity index (χ0) is 21.4. The molecule has 0 atom stereocenters. The lowest BCUT2D eigenvalue weighted by Gasteiger charge is -2.36. The Morgan fingerprint density at radius 1 is 0.903 bits per heavy atom. The molecule has 0 radical (unpaired) electrons. The molecule has 1 saturated heterocycles. The highest BCUT2D eigenvalue weighted by atomic mass is 35.5. The van der Waals surface area contributed by atoms with Crippen molar-refractivity contribution < 1.29 is 0 Å². The van der Waals surface area contributed by atoms with Gasteiger partial charge in [0.1, 0.15) is 5.65 Å². The maximum Gasteiger partial charge on any atom is 0.137 e. The van der Waals surface area contributed by atoms with Crippen LogP contribution in [0.3, 0.4) is 0 Å². The van der Waals surface area contributed by atoms with Crippen molar-refractivity contribution >= 4 is 17.2 Å². The van der Waals surface area contributed by atoms with Crippen LogP contribution in [0.25, 0.3) is 28.0 Å². The second kappa shape index (κ2) is 8.12. The zero-order valence-corrected chi connectivity index (χ0v) is 18.5. The Kier molecular flexibility index (Phi) is 5.30. The Morgan fingerprint density at radius 3 is 2.26 bits per heavy atom. The van der Waals surface area contributed by atoms with Gasteiger partial charge in [0.25, 0.3) is 0 Å². The Morgan fingerprint density at radius 2 is 1.55 bits per heavy atom. The molecule has 4 aromatic rings. The van der Waals surface area contributed by atoms with Crippen LogP contribution < -0.4 is 5.73 Å². The zero-order valence-electron chi connectivity index (χ0n) is 17.8. The van der Waals surface area contributed by atoms with Crippen LogP contribution in [-0.4, -0.2) is 32.9 Å². The predicted molar refractivity (Wildman–Crippen MR) is 128 cm³/mol. The third-order valence-corrected chi connectivity index (χ3v) is 6.59. The summed E-state index contributed by atoms with van der Waals surface area (Å²) in [5.74, 6) is 0. The molecule has 0 saturated carbocycles. The third-order valence-electron chi connectivity index (χ3n) is 6.34. The van der Waals surface area contributed by atoms with Gasteiger partial charge in [-0.15, -0.1) is 0 Å². The Hall–Kier alpha value is -2.66. The first-order valence-electron chi connectivity index (χ1n) is 10.8. The van der Waals surface area contributed by atoms with E-state index < -0.39 is 0 Å². The number of likely N-dealkylation sites (tertiary alicyclic amines) is 1. The van der Waals surface area contributed by atoms with Crippen molar-refractivity contribution in [1.82, 2.24) is 14.3 Å². The first kappa shape index (κ1) is 20.3. The van der Waals surface area contributed by atoms with Gasteiger partial charge in [0.2, 0.25) is 0 Å². The Balaban J connectivity index is 1.37. The second-order valence-corrected chi connectivity index (χ2v) is 9.36. The summed E-state index contributed by atoms with van der Waals surface area (Å²) < 4.78 is 2.14. The smallest absolute Gasteiger partial charge is 0.137 e. The average molecular weight is 431 g/mol. The third kappa shape index (κ3) is 4.38. The molecule has 0 bridgehead atoms. The lowest BCUT2D eigenvalue weighted by molar-refractivity contribution is 0.165. The number of hydrogen-bond acceptors (Lipinski definition) is 3. The van der Waals surface area contributed by atoms with Crippen LogP contribution in [0.4, 0.5) is 0 Å². The van der Waals surface area contributed by atoms with Gasteiger partial charge in [0.15, 0.2) is 0 Å². The first-order valence-corrected chi connectivity index (χ1v) is 11.2. The summed E-state index contributed by atoms with van der Waals surface area (Å²) in [5.41, 5.74) is 13.1. The Bertz CT molecular complexity index is 1180. The fraction of sp³-hybridized carbons (Fsp3) is 0.269. The molecule has 0 amide bonds. The highest BCUT2D eigenvalue weighted by Crippen LogP contribution is 2.27. The molecule has 0 aliphatic carbocycles. The normalized spacial score (nSPS) is 16.6. The molecule has 5 rings (SSSR count). The van der Waals surface area contributed by atoms with E-state index in [2.05, 4.69) is 63.8 Å². The van der Waals surface area contributed by atoms with Gasteiger partial charge in [-0.1, -0.05) is 48.0 Å². The quantitative estimate of drug-likeness (QED) is 0.456. The number of halogens is 1. The van der Waals surface area contributed by atoms with E-state index in [4.69, 9.17) is 17.3 Å². The summed E-state index contributed by atoms with van der Waals surface area (Å²) in [5, 5.41) is 0.736. The highest BCUT2D eigenvalue weighted by molar-refractivity contribution is 6.30. The summed E-state index contributed by atoms with van der Waals surface area (Å²) in [6, 6.07) is 21.0. The fourth-order valence-electron chi connectivity index (χ4n) is 4.27. The molecule has 0 unspecified atom stereocenters. The number of imidazole rings is 1. The van der Waals surface area contributed by atoms with E-state index in [1.165, 1.54) is 16.7 Å². The van der Waals surface area contributed by atoms with Gasteiger partial charge in [0.05, 0.1) is 11.9 Å². The minimum Gasteiger partial charge on any atom is -0.325 e. The van der Waals surface area contributed by atoms with Crippen molar-refractivity contribution in [3.05, 3.63) is 83.6 Å². The van der Waals surface area contributed by atoms with E-state index in [0.29, 0.717) is 0 Å². The number of nitrogens with two attached hydrogens (primary N) is 1. The Labute approximate surface area is 188 Å². The van der Waals surface area contributed by atoms with Gasteiger partial charge in [0, 0.05) is 42.0 Å². The van der Waals surface area contributed by atoms with Gasteiger partial charge in [-0.2, -0.15) is 0 Å². The lowest BCUT2D eigenvalue weighted by atomic mass is 9.91. The number of nitrogens with zero attached hydrogens (tertiary/aromatic N) is 3. The maximum absolute atomic E-state index is 6.26. The van der Waals surface area contributed by atoms with Crippen molar-refractivity contribution in [2.45, 2.75) is 31.8 Å². The van der Waals surface area contributed by atoms with Crippen molar-refractivity contribution in [1.29, 1.82) is 0 Å². The number of pyridine rings is 1. The average Bonchev–Trinajstić information content (AvgIpc) is 3.20. The largest absolute Gasteiger partial charge is 0.325 e. The van der Waals surface area contributed by atoms with E-state index in [1.807, 2.05) is 30.5 Å². The van der Waals surface area contributed by atoms with E-state index >= 15 is 0 Å². The summed E-state index contributed by atoms with van der Waals surface area (Å²) in [7, 11) is 0. The molecule has 3 heterocycles. The molecule has 2 aromatic carbocycles. The predicted octanol–water partition coefficient (Wildman–Crippen LogP) is 5.63. The van der Waals surface area contributed by atoms with E-state index in [-0.39, 0.29) is 5.54 Å². The van der Waals surface area contributed by atoms with Crippen molar-refractivity contribution in [3.63, 3.8) is 0 Å². The molecule has 0 spiro atoms. The van der Waals surface area contributed by atoms with Crippen molar-refractivity contribution in [3.8, 4) is 22.4 Å². The number of benzene rings is 2. The molecule has 158 valence electrons. The van der Waals surface area contributed by atoms with Crippen LogP contribution in [0.5, 0.6) is 0 Å². The van der Waals surface area contributed by atoms with E-state index in [9.17, 15) is 0 Å². The van der Waals surface area contributed by atoms with Crippen LogP contribution in [0.2, 0.25) is 5.02 Å². The van der Waals surface area contributed by atoms with Crippen LogP contribution in [0.1, 0.15) is 25.3 Å². The summed E-state index contributed by atoms with van der Waals surface area (Å²) in [6.07, 6.45) is 6.20. The summed E-state index contributed by atoms with van der Waals surface area (Å²) in [4.78, 5) is 7.06. The SMILES string of the molecule is CC1(N)CCN(Cc2ccc(-c3ccc4ncc(-c5ccc(Cl)cc5)n4c3)cc2)CC1. The number of hydrogen-bond donors (Lipinski definition) is 1. The van der Waals surface area contributed by atoms with Crippen LogP contribution >= 0.6 is 11.6 Å². The van der Waals surface area contributed by atoms with Gasteiger partial charge in [-0.25, -0.2) is 4.98 Å². The molecule has 2 N–H and O–H groups in total. The van der Waals surface area contributed by atoms with Crippen LogP contribution in [0.15, 0.2) is 73.1 Å². The molecule has 31 heavy (non-hydrogen) atoms. The topological polar surface area (TPSA) is 46.6 Å². The van der Waals surface area contributed by atoms with E-state index in [0.717, 1.165) is 54.4 Å². The highest BCUT2D eigenvalue weighted by Gasteiger charge is 2.25. The monoisotopic (exact) mass is 430 g/mol. The van der Waals surface area contributed by atoms with Crippen molar-refractivity contribution in [2.24, 2.45) is 5.73 Å². The number of rotatable bonds is 4. The fourth-order valence-corrected chi connectivity index (χ4v) is 4.39. The molecule has 1 aliphatic heterocycles. The van der Waals surface area contributed by atoms with Crippen LogP contribution in [-0.2, 0) is 6.54 Å². The van der Waals surface area contributed by atoms with Crippen molar-refractivity contribution in [2.75, 3.05) is 13.1 Å². The molecule has 1 aliphatic rings. The van der Waals surface area contributed by atoms with Gasteiger partial charge in [-0.3, -0.25) is 9.30 Å². The number of fused-ring (bicyclic) bond motifs is 1. The maximum atomic E-state index is 6.26. The number of piperidine rings is 1. The first-order chi connectivity index (χ1) is 15.0. The molecule has 2 aromatic heterocycles. The molecular formula is C26H27ClN4. The molecule has 4 nitrogen and oxygen atoms in total. The van der Waals surface area contributed by atoms with Gasteiger partial charge < -0.3 is 5.73 Å². The van der Waals surface area contributed by atoms with Crippen LogP contribution in [0, 0.1) is 0 Å². The van der Waals surface area contributed by atoms with Gasteiger partial charge in [-0.05, 0) is 60.7 Å². The molecule has 1 fully saturated rings. The molecule has 5 heteroatoms. The summed E-state index contributed by atoms with van der Waals surface area (Å²) in [6.45, 7) is 5.28. The minimum absolute atomic E-state index is 0.00279.